The van der Waals surface area contributed by atoms with Crippen LogP contribution < -0.4 is 5.32 Å². The summed E-state index contributed by atoms with van der Waals surface area (Å²) in [4.78, 5) is 31.7. The van der Waals surface area contributed by atoms with Crippen LogP contribution in [-0.4, -0.2) is 39.2 Å². The number of imidazole rings is 1. The van der Waals surface area contributed by atoms with Gasteiger partial charge in [0.25, 0.3) is 5.91 Å². The maximum atomic E-state index is 12.9. The van der Waals surface area contributed by atoms with Gasteiger partial charge in [0.2, 0.25) is 5.91 Å². The molecule has 0 radical (unpaired) electrons. The van der Waals surface area contributed by atoms with Crippen LogP contribution in [-0.2, 0) is 4.79 Å². The van der Waals surface area contributed by atoms with Crippen LogP contribution in [0.1, 0.15) is 53.8 Å². The van der Waals surface area contributed by atoms with E-state index in [0.29, 0.717) is 31.1 Å². The van der Waals surface area contributed by atoms with Gasteiger partial charge in [-0.25, -0.2) is 4.98 Å². The zero-order valence-corrected chi connectivity index (χ0v) is 17.5. The molecule has 156 valence electrons. The zero-order valence-electron chi connectivity index (χ0n) is 17.5. The summed E-state index contributed by atoms with van der Waals surface area (Å²) < 4.78 is 1.90. The number of pyridine rings is 1. The molecule has 30 heavy (non-hydrogen) atoms. The van der Waals surface area contributed by atoms with Crippen molar-refractivity contribution in [2.45, 2.75) is 39.2 Å². The van der Waals surface area contributed by atoms with Crippen molar-refractivity contribution in [1.82, 2.24) is 19.6 Å². The minimum Gasteiger partial charge on any atom is -0.350 e. The number of amides is 2. The number of carbonyl (C=O) groups is 2. The average Bonchev–Trinajstić information content (AvgIpc) is 3.20. The molecule has 0 bridgehead atoms. The standard InChI is InChI=1S/C24H28N4O2/c1-17-7-6-12-28-16-21(26-23(17)28)24(30)27-13-10-19(11-14-27)15-22(29)25-18(2)20-8-4-3-5-9-20/h3-9,12,16,18-19H,10-11,13-15H2,1-2H3,(H,25,29)/t18-/m1/s1. The number of likely N-dealkylation sites (tertiary alicyclic amines) is 1. The molecule has 1 aliphatic heterocycles. The summed E-state index contributed by atoms with van der Waals surface area (Å²) in [6.45, 7) is 5.33. The summed E-state index contributed by atoms with van der Waals surface area (Å²) in [6.07, 6.45) is 5.89. The fraction of sp³-hybridized carbons (Fsp3) is 0.375. The van der Waals surface area contributed by atoms with Crippen LogP contribution in [0.15, 0.2) is 54.9 Å². The number of fused-ring (bicyclic) bond motifs is 1. The van der Waals surface area contributed by atoms with E-state index in [9.17, 15) is 9.59 Å². The third-order valence-electron chi connectivity index (χ3n) is 5.95. The Balaban J connectivity index is 1.29. The summed E-state index contributed by atoms with van der Waals surface area (Å²) >= 11 is 0. The highest BCUT2D eigenvalue weighted by atomic mass is 16.2. The molecule has 1 N–H and O–H groups in total. The maximum Gasteiger partial charge on any atom is 0.274 e. The number of benzene rings is 1. The molecular formula is C24H28N4O2. The van der Waals surface area contributed by atoms with Crippen molar-refractivity contribution in [2.24, 2.45) is 5.92 Å². The first-order valence-electron chi connectivity index (χ1n) is 10.6. The first-order valence-corrected chi connectivity index (χ1v) is 10.6. The first kappa shape index (κ1) is 20.1. The largest absolute Gasteiger partial charge is 0.350 e. The molecule has 6 nitrogen and oxygen atoms in total. The highest BCUT2D eigenvalue weighted by Gasteiger charge is 2.26. The number of carbonyl (C=O) groups excluding carboxylic acids is 2. The fourth-order valence-corrected chi connectivity index (χ4v) is 4.15. The fourth-order valence-electron chi connectivity index (χ4n) is 4.15. The Morgan fingerprint density at radius 2 is 1.87 bits per heavy atom. The maximum absolute atomic E-state index is 12.9. The van der Waals surface area contributed by atoms with Gasteiger partial charge in [-0.2, -0.15) is 0 Å². The van der Waals surface area contributed by atoms with Crippen molar-refractivity contribution in [1.29, 1.82) is 0 Å². The number of piperidine rings is 1. The zero-order chi connectivity index (χ0) is 21.1. The van der Waals surface area contributed by atoms with E-state index in [-0.39, 0.29) is 17.9 Å². The number of hydrogen-bond donors (Lipinski definition) is 1. The van der Waals surface area contributed by atoms with Gasteiger partial charge in [-0.1, -0.05) is 36.4 Å². The van der Waals surface area contributed by atoms with Gasteiger partial charge in [-0.3, -0.25) is 9.59 Å². The van der Waals surface area contributed by atoms with E-state index in [1.54, 1.807) is 6.20 Å². The normalized spacial score (nSPS) is 15.9. The van der Waals surface area contributed by atoms with Gasteiger partial charge < -0.3 is 14.6 Å². The lowest BCUT2D eigenvalue weighted by Gasteiger charge is -2.31. The minimum absolute atomic E-state index is 0.00105. The molecule has 1 atom stereocenters. The minimum atomic E-state index is -0.0290. The molecule has 2 aromatic heterocycles. The molecule has 6 heteroatoms. The monoisotopic (exact) mass is 404 g/mol. The molecule has 0 aliphatic carbocycles. The predicted octanol–water partition coefficient (Wildman–Crippen LogP) is 3.76. The van der Waals surface area contributed by atoms with Gasteiger partial charge in [0, 0.05) is 31.9 Å². The van der Waals surface area contributed by atoms with E-state index in [1.165, 1.54) is 0 Å². The molecule has 0 spiro atoms. The Labute approximate surface area is 176 Å². The second-order valence-corrected chi connectivity index (χ2v) is 8.19. The van der Waals surface area contributed by atoms with Crippen molar-refractivity contribution in [3.63, 3.8) is 0 Å². The number of rotatable bonds is 5. The molecule has 4 rings (SSSR count). The smallest absolute Gasteiger partial charge is 0.274 e. The molecule has 3 heterocycles. The summed E-state index contributed by atoms with van der Waals surface area (Å²) in [6, 6.07) is 13.9. The molecular weight excluding hydrogens is 376 g/mol. The molecule has 1 aromatic carbocycles. The second-order valence-electron chi connectivity index (χ2n) is 8.19. The van der Waals surface area contributed by atoms with Crippen LogP contribution in [0.2, 0.25) is 0 Å². The van der Waals surface area contributed by atoms with E-state index < -0.39 is 0 Å². The van der Waals surface area contributed by atoms with Gasteiger partial charge >= 0.3 is 0 Å². The number of nitrogens with one attached hydrogen (secondary N) is 1. The van der Waals surface area contributed by atoms with Crippen LogP contribution in [0.25, 0.3) is 5.65 Å². The topological polar surface area (TPSA) is 66.7 Å². The lowest BCUT2D eigenvalue weighted by Crippen LogP contribution is -2.40. The number of hydrogen-bond acceptors (Lipinski definition) is 3. The Hall–Kier alpha value is -3.15. The number of aromatic nitrogens is 2. The van der Waals surface area contributed by atoms with Gasteiger partial charge in [0.05, 0.1) is 6.04 Å². The Morgan fingerprint density at radius 3 is 2.57 bits per heavy atom. The summed E-state index contributed by atoms with van der Waals surface area (Å²) in [5.74, 6) is 0.353. The van der Waals surface area contributed by atoms with Crippen molar-refractivity contribution < 1.29 is 9.59 Å². The van der Waals surface area contributed by atoms with E-state index >= 15 is 0 Å². The lowest BCUT2D eigenvalue weighted by molar-refractivity contribution is -0.122. The van der Waals surface area contributed by atoms with Gasteiger partial charge in [-0.15, -0.1) is 0 Å². The summed E-state index contributed by atoms with van der Waals surface area (Å²) in [5.41, 5.74) is 3.46. The molecule has 1 fully saturated rings. The molecule has 2 amide bonds. The highest BCUT2D eigenvalue weighted by molar-refractivity contribution is 5.93. The van der Waals surface area contributed by atoms with E-state index in [1.807, 2.05) is 71.8 Å². The third-order valence-corrected chi connectivity index (χ3v) is 5.95. The Bertz CT molecular complexity index is 1040. The van der Waals surface area contributed by atoms with E-state index in [4.69, 9.17) is 0 Å². The predicted molar refractivity (Wildman–Crippen MR) is 116 cm³/mol. The number of aryl methyl sites for hydroxylation is 1. The molecule has 0 saturated carbocycles. The Kier molecular flexibility index (Phi) is 5.84. The Morgan fingerprint density at radius 1 is 1.13 bits per heavy atom. The van der Waals surface area contributed by atoms with Gasteiger partial charge in [0.1, 0.15) is 11.3 Å². The molecule has 1 aliphatic rings. The van der Waals surface area contributed by atoms with Crippen molar-refractivity contribution >= 4 is 17.5 Å². The van der Waals surface area contributed by atoms with Crippen LogP contribution in [0.3, 0.4) is 0 Å². The van der Waals surface area contributed by atoms with Crippen molar-refractivity contribution in [3.05, 3.63) is 71.7 Å². The number of nitrogens with zero attached hydrogens (tertiary/aromatic N) is 3. The average molecular weight is 405 g/mol. The van der Waals surface area contributed by atoms with Crippen molar-refractivity contribution in [2.75, 3.05) is 13.1 Å². The molecule has 0 unspecified atom stereocenters. The first-order chi connectivity index (χ1) is 14.5. The molecule has 3 aromatic rings. The summed E-state index contributed by atoms with van der Waals surface area (Å²) in [5, 5.41) is 3.09. The van der Waals surface area contributed by atoms with E-state index in [0.717, 1.165) is 29.6 Å². The SMILES string of the molecule is Cc1cccn2cc(C(=O)N3CCC(CC(=O)N[C@H](C)c4ccccc4)CC3)nc12. The lowest BCUT2D eigenvalue weighted by atomic mass is 9.93. The van der Waals surface area contributed by atoms with Crippen LogP contribution in [0.5, 0.6) is 0 Å². The quantitative estimate of drug-likeness (QED) is 0.704. The van der Waals surface area contributed by atoms with E-state index in [2.05, 4.69) is 10.3 Å². The molecule has 1 saturated heterocycles. The second kappa shape index (κ2) is 8.69. The third kappa shape index (κ3) is 4.37. The van der Waals surface area contributed by atoms with Crippen LogP contribution in [0.4, 0.5) is 0 Å². The highest BCUT2D eigenvalue weighted by Crippen LogP contribution is 2.23. The van der Waals surface area contributed by atoms with Crippen LogP contribution in [0, 0.1) is 12.8 Å². The van der Waals surface area contributed by atoms with Crippen molar-refractivity contribution in [3.8, 4) is 0 Å². The van der Waals surface area contributed by atoms with Gasteiger partial charge in [0.15, 0.2) is 0 Å². The van der Waals surface area contributed by atoms with Gasteiger partial charge in [-0.05, 0) is 49.8 Å². The van der Waals surface area contributed by atoms with Crippen LogP contribution >= 0.6 is 0 Å². The summed E-state index contributed by atoms with van der Waals surface area (Å²) in [7, 11) is 0.